The third-order valence-corrected chi connectivity index (χ3v) is 10.0. The lowest BCUT2D eigenvalue weighted by molar-refractivity contribution is 0.00689. The van der Waals surface area contributed by atoms with E-state index in [1.54, 1.807) is 16.6 Å². The van der Waals surface area contributed by atoms with E-state index in [9.17, 15) is 14.7 Å². The summed E-state index contributed by atoms with van der Waals surface area (Å²) in [6.45, 7) is 13.9. The Bertz CT molecular complexity index is 1790. The number of aliphatic hydroxyl groups is 1. The highest BCUT2D eigenvalue weighted by Crippen LogP contribution is 2.37. The molecule has 1 fully saturated rings. The summed E-state index contributed by atoms with van der Waals surface area (Å²) < 4.78 is 16.8. The van der Waals surface area contributed by atoms with Gasteiger partial charge in [0.25, 0.3) is 5.56 Å². The molecule has 244 valence electrons. The Morgan fingerprint density at radius 2 is 1.87 bits per heavy atom. The van der Waals surface area contributed by atoms with Crippen LogP contribution in [0.1, 0.15) is 20.8 Å². The van der Waals surface area contributed by atoms with Crippen LogP contribution >= 0.6 is 11.6 Å². The summed E-state index contributed by atoms with van der Waals surface area (Å²) >= 11 is 6.94. The molecule has 0 bridgehead atoms. The molecule has 14 heteroatoms. The third kappa shape index (κ3) is 6.91. The second kappa shape index (κ2) is 12.4. The van der Waals surface area contributed by atoms with E-state index in [0.717, 1.165) is 16.9 Å². The minimum absolute atomic E-state index is 0.221. The van der Waals surface area contributed by atoms with Crippen molar-refractivity contribution in [1.29, 1.82) is 0 Å². The van der Waals surface area contributed by atoms with Crippen LogP contribution in [0.25, 0.3) is 33.1 Å². The van der Waals surface area contributed by atoms with E-state index < -0.39 is 25.8 Å². The molecule has 4 heterocycles. The second-order valence-electron chi connectivity index (χ2n) is 14.0. The standard InChI is InChI=1S/C31H44ClN7O5Si/c1-31(2,3)44-30(42)39-12-11-37(15-20(39)18-40)29-33-27-25(28(41)36(29)5)22(17-38(27)19-43-13-14-45(6,7)8)21-9-10-24-23(26(21)32)16-35(4)34-24/h9-10,16-17,20,40H,11-15,18-19H2,1-8H3/t20-/m0/s1. The topological polar surface area (TPSA) is 120 Å². The maximum Gasteiger partial charge on any atom is 0.410 e. The van der Waals surface area contributed by atoms with Gasteiger partial charge >= 0.3 is 6.09 Å². The first-order chi connectivity index (χ1) is 21.1. The van der Waals surface area contributed by atoms with E-state index in [0.29, 0.717) is 52.8 Å². The van der Waals surface area contributed by atoms with Crippen molar-refractivity contribution in [3.63, 3.8) is 0 Å². The van der Waals surface area contributed by atoms with Gasteiger partial charge in [0.05, 0.1) is 28.6 Å². The average Bonchev–Trinajstić information content (AvgIpc) is 3.51. The molecule has 5 rings (SSSR count). The number of hydrogen-bond donors (Lipinski definition) is 1. The zero-order chi connectivity index (χ0) is 32.8. The summed E-state index contributed by atoms with van der Waals surface area (Å²) in [5.74, 6) is 0.441. The number of anilines is 1. The van der Waals surface area contributed by atoms with Crippen LogP contribution in [0.3, 0.4) is 0 Å². The summed E-state index contributed by atoms with van der Waals surface area (Å²) in [6.07, 6.45) is 3.27. The largest absolute Gasteiger partial charge is 0.444 e. The Kier molecular flexibility index (Phi) is 9.11. The molecule has 0 radical (unpaired) electrons. The van der Waals surface area contributed by atoms with Crippen molar-refractivity contribution in [3.8, 4) is 11.1 Å². The van der Waals surface area contributed by atoms with E-state index in [-0.39, 0.29) is 25.4 Å². The summed E-state index contributed by atoms with van der Waals surface area (Å²) in [6, 6.07) is 4.26. The van der Waals surface area contributed by atoms with Crippen molar-refractivity contribution in [2.45, 2.75) is 64.8 Å². The quantitative estimate of drug-likeness (QED) is 0.214. The second-order valence-corrected chi connectivity index (χ2v) is 20.0. The van der Waals surface area contributed by atoms with Gasteiger partial charge in [-0.2, -0.15) is 10.1 Å². The van der Waals surface area contributed by atoms with Crippen LogP contribution in [0, 0.1) is 0 Å². The van der Waals surface area contributed by atoms with Crippen LogP contribution in [0.4, 0.5) is 10.7 Å². The number of aromatic nitrogens is 5. The number of fused-ring (bicyclic) bond motifs is 2. The Morgan fingerprint density at radius 1 is 1.13 bits per heavy atom. The number of halogens is 1. The lowest BCUT2D eigenvalue weighted by Crippen LogP contribution is -2.58. The molecule has 0 spiro atoms. The molecule has 1 N–H and O–H groups in total. The zero-order valence-electron chi connectivity index (χ0n) is 27.4. The molecule has 12 nitrogen and oxygen atoms in total. The molecule has 45 heavy (non-hydrogen) atoms. The van der Waals surface area contributed by atoms with Gasteiger partial charge in [-0.15, -0.1) is 0 Å². The van der Waals surface area contributed by atoms with E-state index in [1.165, 1.54) is 4.57 Å². The lowest BCUT2D eigenvalue weighted by Gasteiger charge is -2.41. The molecule has 4 aromatic rings. The molecule has 1 saturated heterocycles. The van der Waals surface area contributed by atoms with Gasteiger partial charge in [0.2, 0.25) is 5.95 Å². The first-order valence-corrected chi connectivity index (χ1v) is 19.3. The number of aryl methyl sites for hydroxylation is 1. The number of hydrogen-bond acceptors (Lipinski definition) is 8. The van der Waals surface area contributed by atoms with Gasteiger partial charge in [0, 0.05) is 77.3 Å². The summed E-state index contributed by atoms with van der Waals surface area (Å²) in [7, 11) is 2.23. The van der Waals surface area contributed by atoms with Gasteiger partial charge in [-0.05, 0) is 32.9 Å². The monoisotopic (exact) mass is 657 g/mol. The van der Waals surface area contributed by atoms with Crippen LogP contribution in [0.15, 0.2) is 29.3 Å². The Hall–Kier alpha value is -3.39. The lowest BCUT2D eigenvalue weighted by atomic mass is 10.0. The number of benzene rings is 1. The highest BCUT2D eigenvalue weighted by atomic mass is 35.5. The fourth-order valence-electron chi connectivity index (χ4n) is 5.57. The van der Waals surface area contributed by atoms with Gasteiger partial charge < -0.3 is 24.0 Å². The molecular weight excluding hydrogens is 614 g/mol. The minimum Gasteiger partial charge on any atom is -0.444 e. The fraction of sp³-hybridized carbons (Fsp3) is 0.548. The van der Waals surface area contributed by atoms with Crippen LogP contribution in [-0.4, -0.2) is 92.6 Å². The number of carbonyl (C=O) groups excluding carboxylic acids is 1. The molecule has 1 aromatic carbocycles. The minimum atomic E-state index is -1.31. The van der Waals surface area contributed by atoms with Crippen molar-refractivity contribution in [2.24, 2.45) is 14.1 Å². The Morgan fingerprint density at radius 3 is 2.53 bits per heavy atom. The van der Waals surface area contributed by atoms with Crippen molar-refractivity contribution in [3.05, 3.63) is 39.9 Å². The normalized spacial score (nSPS) is 16.3. The predicted octanol–water partition coefficient (Wildman–Crippen LogP) is 4.67. The van der Waals surface area contributed by atoms with E-state index in [1.807, 2.05) is 61.8 Å². The number of amides is 1. The van der Waals surface area contributed by atoms with Gasteiger partial charge in [0.15, 0.2) is 5.65 Å². The van der Waals surface area contributed by atoms with Crippen LogP contribution in [-0.2, 0) is 30.3 Å². The molecule has 1 aliphatic rings. The van der Waals surface area contributed by atoms with Crippen LogP contribution < -0.4 is 10.5 Å². The van der Waals surface area contributed by atoms with Crippen LogP contribution in [0.2, 0.25) is 30.7 Å². The summed E-state index contributed by atoms with van der Waals surface area (Å²) in [4.78, 5) is 35.6. The van der Waals surface area contributed by atoms with Crippen molar-refractivity contribution in [1.82, 2.24) is 28.8 Å². The highest BCUT2D eigenvalue weighted by molar-refractivity contribution is 6.76. The summed E-state index contributed by atoms with van der Waals surface area (Å²) in [5.41, 5.74) is 1.73. The third-order valence-electron chi connectivity index (χ3n) is 7.93. The van der Waals surface area contributed by atoms with E-state index >= 15 is 0 Å². The number of nitrogens with zero attached hydrogens (tertiary/aromatic N) is 7. The summed E-state index contributed by atoms with van der Waals surface area (Å²) in [5, 5.41) is 16.4. The molecule has 0 aliphatic carbocycles. The molecule has 1 aliphatic heterocycles. The first-order valence-electron chi connectivity index (χ1n) is 15.2. The van der Waals surface area contributed by atoms with Crippen LogP contribution in [0.5, 0.6) is 0 Å². The molecule has 0 saturated carbocycles. The maximum atomic E-state index is 14.2. The molecular formula is C31H44ClN7O5Si. The van der Waals surface area contributed by atoms with Gasteiger partial charge in [-0.25, -0.2) is 4.79 Å². The number of ether oxygens (including phenoxy) is 2. The number of aliphatic hydroxyl groups excluding tert-OH is 1. The molecule has 0 unspecified atom stereocenters. The van der Waals surface area contributed by atoms with Crippen molar-refractivity contribution < 1.29 is 19.4 Å². The fourth-order valence-corrected chi connectivity index (χ4v) is 6.64. The molecule has 1 atom stereocenters. The number of rotatable bonds is 8. The zero-order valence-corrected chi connectivity index (χ0v) is 29.2. The van der Waals surface area contributed by atoms with Crippen molar-refractivity contribution >= 4 is 53.7 Å². The number of piperazine rings is 1. The van der Waals surface area contributed by atoms with Gasteiger partial charge in [-0.1, -0.05) is 37.3 Å². The smallest absolute Gasteiger partial charge is 0.410 e. The number of carbonyl (C=O) groups is 1. The predicted molar refractivity (Wildman–Crippen MR) is 180 cm³/mol. The van der Waals surface area contributed by atoms with E-state index in [2.05, 4.69) is 24.7 Å². The maximum absolute atomic E-state index is 14.2. The molecule has 3 aromatic heterocycles. The van der Waals surface area contributed by atoms with Gasteiger partial charge in [-0.3, -0.25) is 18.9 Å². The Labute approximate surface area is 269 Å². The van der Waals surface area contributed by atoms with E-state index in [4.69, 9.17) is 26.1 Å². The first kappa shape index (κ1) is 33.0. The van der Waals surface area contributed by atoms with Crippen molar-refractivity contribution in [2.75, 3.05) is 37.7 Å². The average molecular weight is 658 g/mol. The molecule has 1 amide bonds. The SMILES string of the molecule is Cn1cc2c(Cl)c(-c3cn(COCC[Si](C)(C)C)c4nc(N5CCN(C(=O)OC(C)(C)C)[C@H](CO)C5)n(C)c(=O)c34)ccc2n1. The highest BCUT2D eigenvalue weighted by Gasteiger charge is 2.35. The van der Waals surface area contributed by atoms with Gasteiger partial charge in [0.1, 0.15) is 12.3 Å². The Balaban J connectivity index is 1.56.